The number of ether oxygens (including phenoxy) is 2. The van der Waals surface area contributed by atoms with Gasteiger partial charge in [0, 0.05) is 0 Å². The van der Waals surface area contributed by atoms with Gasteiger partial charge in [-0.3, -0.25) is 0 Å². The van der Waals surface area contributed by atoms with E-state index >= 15 is 0 Å². The maximum absolute atomic E-state index is 10.2. The molecule has 19 heavy (non-hydrogen) atoms. The molecule has 3 nitrogen and oxygen atoms in total. The van der Waals surface area contributed by atoms with Crippen molar-refractivity contribution in [1.29, 1.82) is 0 Å². The van der Waals surface area contributed by atoms with Crippen LogP contribution in [0.5, 0.6) is 0 Å². The Morgan fingerprint density at radius 1 is 1.11 bits per heavy atom. The fourth-order valence-electron chi connectivity index (χ4n) is 2.56. The molecule has 106 valence electrons. The minimum atomic E-state index is -0.443. The molecule has 1 aromatic carbocycles. The molecule has 2 unspecified atom stereocenters. The van der Waals surface area contributed by atoms with Gasteiger partial charge in [0.15, 0.2) is 0 Å². The Labute approximate surface area is 115 Å². The van der Waals surface area contributed by atoms with E-state index in [4.69, 9.17) is 9.47 Å². The Bertz CT molecular complexity index is 379. The van der Waals surface area contributed by atoms with Crippen LogP contribution in [0.4, 0.5) is 0 Å². The molecule has 0 aromatic heterocycles. The number of aliphatic hydroxyl groups excluding tert-OH is 1. The molecule has 0 radical (unpaired) electrons. The van der Waals surface area contributed by atoms with Crippen molar-refractivity contribution in [2.45, 2.75) is 45.7 Å². The van der Waals surface area contributed by atoms with E-state index in [0.29, 0.717) is 19.1 Å². The number of aliphatic hydroxyl groups is 1. The standard InChI is InChI=1S/C16H24O3/c1-11-12(2)16(17)15(19-13(11)3)10-18-9-14-7-5-4-6-8-14/h4-8,11-13,15-17H,9-10H2,1-3H3/t11?,12-,13+,15?,16-/m1/s1. The van der Waals surface area contributed by atoms with Gasteiger partial charge in [-0.2, -0.15) is 0 Å². The molecule has 0 amide bonds. The van der Waals surface area contributed by atoms with Crippen molar-refractivity contribution in [3.63, 3.8) is 0 Å². The van der Waals surface area contributed by atoms with Gasteiger partial charge in [0.2, 0.25) is 0 Å². The Morgan fingerprint density at radius 2 is 1.79 bits per heavy atom. The average Bonchev–Trinajstić information content (AvgIpc) is 2.43. The van der Waals surface area contributed by atoms with Crippen molar-refractivity contribution in [2.75, 3.05) is 6.61 Å². The summed E-state index contributed by atoms with van der Waals surface area (Å²) in [6, 6.07) is 10.0. The van der Waals surface area contributed by atoms with Crippen LogP contribution in [-0.4, -0.2) is 30.0 Å². The number of benzene rings is 1. The second-order valence-corrected chi connectivity index (χ2v) is 5.59. The summed E-state index contributed by atoms with van der Waals surface area (Å²) in [5, 5.41) is 10.2. The quantitative estimate of drug-likeness (QED) is 0.908. The Balaban J connectivity index is 1.82. The van der Waals surface area contributed by atoms with Gasteiger partial charge < -0.3 is 14.6 Å². The van der Waals surface area contributed by atoms with Crippen molar-refractivity contribution in [1.82, 2.24) is 0 Å². The van der Waals surface area contributed by atoms with Gasteiger partial charge in [-0.05, 0) is 24.3 Å². The summed E-state index contributed by atoms with van der Waals surface area (Å²) in [5.74, 6) is 0.620. The maximum Gasteiger partial charge on any atom is 0.107 e. The van der Waals surface area contributed by atoms with Crippen LogP contribution in [0.2, 0.25) is 0 Å². The lowest BCUT2D eigenvalue weighted by atomic mass is 9.82. The summed E-state index contributed by atoms with van der Waals surface area (Å²) in [4.78, 5) is 0. The fraction of sp³-hybridized carbons (Fsp3) is 0.625. The van der Waals surface area contributed by atoms with Crippen LogP contribution in [0.3, 0.4) is 0 Å². The van der Waals surface area contributed by atoms with E-state index in [1.807, 2.05) is 30.3 Å². The zero-order valence-electron chi connectivity index (χ0n) is 12.0. The highest BCUT2D eigenvalue weighted by molar-refractivity contribution is 5.13. The lowest BCUT2D eigenvalue weighted by Gasteiger charge is -2.41. The second-order valence-electron chi connectivity index (χ2n) is 5.59. The van der Waals surface area contributed by atoms with Gasteiger partial charge in [0.1, 0.15) is 6.10 Å². The molecule has 2 rings (SSSR count). The van der Waals surface area contributed by atoms with Crippen LogP contribution >= 0.6 is 0 Å². The normalized spacial score (nSPS) is 35.3. The van der Waals surface area contributed by atoms with Crippen LogP contribution in [-0.2, 0) is 16.1 Å². The van der Waals surface area contributed by atoms with Crippen LogP contribution in [0.15, 0.2) is 30.3 Å². The number of hydrogen-bond acceptors (Lipinski definition) is 3. The molecule has 1 aliphatic rings. The highest BCUT2D eigenvalue weighted by Gasteiger charge is 2.38. The Morgan fingerprint density at radius 3 is 2.47 bits per heavy atom. The van der Waals surface area contributed by atoms with Crippen molar-refractivity contribution in [3.8, 4) is 0 Å². The molecule has 0 saturated carbocycles. The van der Waals surface area contributed by atoms with E-state index < -0.39 is 6.10 Å². The minimum absolute atomic E-state index is 0.170. The number of hydrogen-bond donors (Lipinski definition) is 1. The van der Waals surface area contributed by atoms with Crippen LogP contribution < -0.4 is 0 Å². The lowest BCUT2D eigenvalue weighted by molar-refractivity contribution is -0.181. The van der Waals surface area contributed by atoms with Crippen molar-refractivity contribution >= 4 is 0 Å². The summed E-state index contributed by atoms with van der Waals surface area (Å²) >= 11 is 0. The molecule has 1 fully saturated rings. The SMILES string of the molecule is CC1[C@H](C)OC(COCc2ccccc2)[C@H](O)[C@@H]1C. The smallest absolute Gasteiger partial charge is 0.107 e. The predicted molar refractivity (Wildman–Crippen MR) is 74.8 cm³/mol. The van der Waals surface area contributed by atoms with E-state index in [9.17, 15) is 5.11 Å². The second kappa shape index (κ2) is 6.51. The van der Waals surface area contributed by atoms with E-state index in [0.717, 1.165) is 5.56 Å². The monoisotopic (exact) mass is 264 g/mol. The maximum atomic E-state index is 10.2. The summed E-state index contributed by atoms with van der Waals surface area (Å²) in [6.07, 6.45) is -0.490. The minimum Gasteiger partial charge on any atom is -0.390 e. The molecule has 5 atom stereocenters. The highest BCUT2D eigenvalue weighted by atomic mass is 16.5. The molecular weight excluding hydrogens is 240 g/mol. The molecule has 0 bridgehead atoms. The molecule has 0 spiro atoms. The van der Waals surface area contributed by atoms with E-state index in [1.165, 1.54) is 0 Å². The van der Waals surface area contributed by atoms with Crippen LogP contribution in [0, 0.1) is 11.8 Å². The van der Waals surface area contributed by atoms with Gasteiger partial charge >= 0.3 is 0 Å². The van der Waals surface area contributed by atoms with Crippen molar-refractivity contribution < 1.29 is 14.6 Å². The fourth-order valence-corrected chi connectivity index (χ4v) is 2.56. The summed E-state index contributed by atoms with van der Waals surface area (Å²) in [5.41, 5.74) is 1.14. The first-order chi connectivity index (χ1) is 9.09. The van der Waals surface area contributed by atoms with Crippen molar-refractivity contribution in [2.24, 2.45) is 11.8 Å². The van der Waals surface area contributed by atoms with E-state index in [2.05, 4.69) is 20.8 Å². The third-order valence-corrected chi connectivity index (χ3v) is 4.27. The van der Waals surface area contributed by atoms with Gasteiger partial charge in [0.25, 0.3) is 0 Å². The van der Waals surface area contributed by atoms with Gasteiger partial charge in [-0.25, -0.2) is 0 Å². The molecule has 1 saturated heterocycles. The third-order valence-electron chi connectivity index (χ3n) is 4.27. The molecule has 1 N–H and O–H groups in total. The number of rotatable bonds is 4. The largest absolute Gasteiger partial charge is 0.390 e. The lowest BCUT2D eigenvalue weighted by Crippen LogP contribution is -2.50. The molecule has 1 aliphatic heterocycles. The van der Waals surface area contributed by atoms with E-state index in [-0.39, 0.29) is 18.1 Å². The zero-order valence-corrected chi connectivity index (χ0v) is 12.0. The van der Waals surface area contributed by atoms with Gasteiger partial charge in [-0.1, -0.05) is 44.2 Å². The Kier molecular flexibility index (Phi) is 4.97. The first kappa shape index (κ1) is 14.5. The zero-order chi connectivity index (χ0) is 13.8. The van der Waals surface area contributed by atoms with Crippen LogP contribution in [0.25, 0.3) is 0 Å². The van der Waals surface area contributed by atoms with Crippen LogP contribution in [0.1, 0.15) is 26.3 Å². The third kappa shape index (κ3) is 3.56. The first-order valence-electron chi connectivity index (χ1n) is 7.04. The summed E-state index contributed by atoms with van der Waals surface area (Å²) in [6.45, 7) is 7.28. The van der Waals surface area contributed by atoms with Crippen molar-refractivity contribution in [3.05, 3.63) is 35.9 Å². The highest BCUT2D eigenvalue weighted by Crippen LogP contribution is 2.30. The molecule has 1 heterocycles. The predicted octanol–water partition coefficient (Wildman–Crippen LogP) is 2.62. The molecular formula is C16H24O3. The van der Waals surface area contributed by atoms with Gasteiger partial charge in [-0.15, -0.1) is 0 Å². The summed E-state index contributed by atoms with van der Waals surface area (Å²) in [7, 11) is 0. The summed E-state index contributed by atoms with van der Waals surface area (Å²) < 4.78 is 11.5. The Hall–Kier alpha value is -0.900. The average molecular weight is 264 g/mol. The molecule has 3 heteroatoms. The molecule has 0 aliphatic carbocycles. The topological polar surface area (TPSA) is 38.7 Å². The van der Waals surface area contributed by atoms with E-state index in [1.54, 1.807) is 0 Å². The van der Waals surface area contributed by atoms with Gasteiger partial charge in [0.05, 0.1) is 25.4 Å². The molecule has 1 aromatic rings. The first-order valence-corrected chi connectivity index (χ1v) is 7.04.